The Labute approximate surface area is 147 Å². The largest absolute Gasteiger partial charge is 0.454 e. The minimum absolute atomic E-state index is 0.0563. The summed E-state index contributed by atoms with van der Waals surface area (Å²) in [5.74, 6) is -2.33. The highest BCUT2D eigenvalue weighted by Gasteiger charge is 2.12. The topological polar surface area (TPSA) is 73.9 Å². The van der Waals surface area contributed by atoms with Crippen molar-refractivity contribution in [1.29, 1.82) is 0 Å². The fraction of sp³-hybridized carbons (Fsp3) is 0.111. The van der Waals surface area contributed by atoms with E-state index in [1.807, 2.05) is 0 Å². The van der Waals surface area contributed by atoms with E-state index in [0.717, 1.165) is 18.2 Å². The van der Waals surface area contributed by atoms with Crippen molar-refractivity contribution < 1.29 is 32.6 Å². The van der Waals surface area contributed by atoms with Gasteiger partial charge >= 0.3 is 5.97 Å². The van der Waals surface area contributed by atoms with Gasteiger partial charge in [-0.05, 0) is 35.9 Å². The second-order valence-corrected chi connectivity index (χ2v) is 5.23. The summed E-state index contributed by atoms with van der Waals surface area (Å²) in [5, 5.41) is 2.29. The van der Waals surface area contributed by atoms with Gasteiger partial charge in [-0.15, -0.1) is 0 Å². The van der Waals surface area contributed by atoms with Crippen LogP contribution >= 0.6 is 0 Å². The van der Waals surface area contributed by atoms with E-state index in [1.165, 1.54) is 12.1 Å². The van der Waals surface area contributed by atoms with E-state index in [4.69, 9.17) is 14.2 Å². The number of esters is 1. The number of carbonyl (C=O) groups excluding carboxylic acids is 2. The third-order valence-corrected chi connectivity index (χ3v) is 3.36. The lowest BCUT2D eigenvalue weighted by Crippen LogP contribution is -2.20. The van der Waals surface area contributed by atoms with Gasteiger partial charge in [0.25, 0.3) is 5.91 Å². The van der Waals surface area contributed by atoms with Crippen molar-refractivity contribution in [2.45, 2.75) is 0 Å². The van der Waals surface area contributed by atoms with Gasteiger partial charge < -0.3 is 19.5 Å². The average molecular weight is 361 g/mol. The van der Waals surface area contributed by atoms with Crippen LogP contribution in [0.1, 0.15) is 5.56 Å². The lowest BCUT2D eigenvalue weighted by atomic mass is 10.2. The zero-order valence-corrected chi connectivity index (χ0v) is 13.3. The second-order valence-electron chi connectivity index (χ2n) is 5.23. The summed E-state index contributed by atoms with van der Waals surface area (Å²) in [5.41, 5.74) is 0.748. The molecule has 0 aliphatic carbocycles. The summed E-state index contributed by atoms with van der Waals surface area (Å²) in [6.45, 7) is -0.416. The Kier molecular flexibility index (Phi) is 5.12. The number of carbonyl (C=O) groups is 2. The molecule has 2 aromatic rings. The first-order chi connectivity index (χ1) is 12.5. The number of halogens is 2. The van der Waals surface area contributed by atoms with Crippen LogP contribution in [-0.2, 0) is 14.3 Å². The van der Waals surface area contributed by atoms with E-state index >= 15 is 0 Å². The second kappa shape index (κ2) is 7.64. The summed E-state index contributed by atoms with van der Waals surface area (Å²) < 4.78 is 41.0. The van der Waals surface area contributed by atoms with E-state index in [9.17, 15) is 18.4 Å². The molecule has 0 aromatic heterocycles. The van der Waals surface area contributed by atoms with Crippen LogP contribution in [0.2, 0.25) is 0 Å². The van der Waals surface area contributed by atoms with E-state index in [1.54, 1.807) is 18.2 Å². The Hall–Kier alpha value is -3.42. The Bertz CT molecular complexity index is 882. The molecule has 0 radical (unpaired) electrons. The lowest BCUT2D eigenvalue weighted by molar-refractivity contribution is -0.142. The quantitative estimate of drug-likeness (QED) is 0.655. The summed E-state index contributed by atoms with van der Waals surface area (Å²) in [4.78, 5) is 23.3. The van der Waals surface area contributed by atoms with Gasteiger partial charge in [0.1, 0.15) is 0 Å². The molecule has 2 aromatic carbocycles. The molecule has 134 valence electrons. The first-order valence-electron chi connectivity index (χ1n) is 7.50. The Morgan fingerprint density at radius 1 is 1.08 bits per heavy atom. The van der Waals surface area contributed by atoms with E-state index in [0.29, 0.717) is 17.1 Å². The van der Waals surface area contributed by atoms with Crippen LogP contribution < -0.4 is 14.8 Å². The van der Waals surface area contributed by atoms with Crippen molar-refractivity contribution in [2.75, 3.05) is 18.7 Å². The van der Waals surface area contributed by atoms with Crippen molar-refractivity contribution >= 4 is 23.6 Å². The monoisotopic (exact) mass is 361 g/mol. The average Bonchev–Trinajstić information content (AvgIpc) is 3.09. The fourth-order valence-corrected chi connectivity index (χ4v) is 2.14. The lowest BCUT2D eigenvalue weighted by Gasteiger charge is -2.05. The fourth-order valence-electron chi connectivity index (χ4n) is 2.14. The van der Waals surface area contributed by atoms with Crippen molar-refractivity contribution in [2.24, 2.45) is 0 Å². The molecule has 0 unspecified atom stereocenters. The smallest absolute Gasteiger partial charge is 0.331 e. The molecule has 8 heteroatoms. The van der Waals surface area contributed by atoms with Gasteiger partial charge in [-0.3, -0.25) is 4.79 Å². The third-order valence-electron chi connectivity index (χ3n) is 3.36. The summed E-state index contributed by atoms with van der Waals surface area (Å²) in [6, 6.07) is 8.04. The van der Waals surface area contributed by atoms with Crippen LogP contribution in [0.3, 0.4) is 0 Å². The molecule has 0 fully saturated rings. The number of rotatable bonds is 5. The summed E-state index contributed by atoms with van der Waals surface area (Å²) in [6.07, 6.45) is 2.65. The number of anilines is 1. The van der Waals surface area contributed by atoms with Gasteiger partial charge in [-0.25, -0.2) is 13.6 Å². The van der Waals surface area contributed by atoms with Crippen LogP contribution in [-0.4, -0.2) is 25.3 Å². The van der Waals surface area contributed by atoms with Crippen molar-refractivity contribution in [1.82, 2.24) is 0 Å². The van der Waals surface area contributed by atoms with E-state index in [-0.39, 0.29) is 12.5 Å². The normalized spacial score (nSPS) is 12.2. The minimum Gasteiger partial charge on any atom is -0.454 e. The molecule has 0 bridgehead atoms. The van der Waals surface area contributed by atoms with Crippen LogP contribution in [0, 0.1) is 11.6 Å². The van der Waals surface area contributed by atoms with Gasteiger partial charge in [0.2, 0.25) is 6.79 Å². The molecular formula is C18H13F2NO5. The molecule has 1 aliphatic rings. The molecule has 0 atom stereocenters. The van der Waals surface area contributed by atoms with Crippen LogP contribution in [0.5, 0.6) is 11.5 Å². The van der Waals surface area contributed by atoms with Gasteiger partial charge in [0.15, 0.2) is 29.7 Å². The molecule has 6 nitrogen and oxygen atoms in total. The molecule has 1 N–H and O–H groups in total. The molecule has 3 rings (SSSR count). The molecular weight excluding hydrogens is 348 g/mol. The summed E-state index contributed by atoms with van der Waals surface area (Å²) >= 11 is 0. The molecule has 0 spiro atoms. The van der Waals surface area contributed by atoms with Crippen molar-refractivity contribution in [3.63, 3.8) is 0 Å². The first kappa shape index (κ1) is 17.4. The van der Waals surface area contributed by atoms with Gasteiger partial charge in [-0.2, -0.15) is 0 Å². The van der Waals surface area contributed by atoms with Crippen LogP contribution in [0.4, 0.5) is 14.5 Å². The first-order valence-corrected chi connectivity index (χ1v) is 7.50. The Morgan fingerprint density at radius 2 is 1.88 bits per heavy atom. The molecule has 0 saturated carbocycles. The maximum Gasteiger partial charge on any atom is 0.331 e. The highest BCUT2D eigenvalue weighted by atomic mass is 19.2. The Morgan fingerprint density at radius 3 is 2.69 bits per heavy atom. The number of nitrogens with one attached hydrogen (secondary N) is 1. The van der Waals surface area contributed by atoms with Gasteiger partial charge in [0.05, 0.1) is 0 Å². The zero-order valence-electron chi connectivity index (χ0n) is 13.3. The number of amides is 1. The van der Waals surface area contributed by atoms with E-state index < -0.39 is 30.1 Å². The maximum atomic E-state index is 13.1. The number of ether oxygens (including phenoxy) is 3. The van der Waals surface area contributed by atoms with E-state index in [2.05, 4.69) is 5.32 Å². The predicted octanol–water partition coefficient (Wildman–Crippen LogP) is 2.89. The number of fused-ring (bicyclic) bond motifs is 1. The summed E-state index contributed by atoms with van der Waals surface area (Å²) in [7, 11) is 0. The van der Waals surface area contributed by atoms with Gasteiger partial charge in [0, 0.05) is 17.8 Å². The number of benzene rings is 2. The van der Waals surface area contributed by atoms with Crippen LogP contribution in [0.25, 0.3) is 6.08 Å². The molecule has 1 heterocycles. The van der Waals surface area contributed by atoms with Crippen molar-refractivity contribution in [3.8, 4) is 11.5 Å². The molecule has 1 aliphatic heterocycles. The molecule has 1 amide bonds. The molecule has 26 heavy (non-hydrogen) atoms. The highest BCUT2D eigenvalue weighted by molar-refractivity contribution is 5.94. The van der Waals surface area contributed by atoms with Crippen molar-refractivity contribution in [3.05, 3.63) is 59.7 Å². The SMILES string of the molecule is O=C(COC(=O)C=Cc1ccc2c(c1)OCO2)Nc1ccc(F)c(F)c1. The molecule has 0 saturated heterocycles. The third kappa shape index (κ3) is 4.35. The van der Waals surface area contributed by atoms with Gasteiger partial charge in [-0.1, -0.05) is 6.07 Å². The predicted molar refractivity (Wildman–Crippen MR) is 87.5 cm³/mol. The standard InChI is InChI=1S/C18H13F2NO5/c19-13-4-3-12(8-14(13)20)21-17(22)9-24-18(23)6-2-11-1-5-15-16(7-11)26-10-25-15/h1-8H,9-10H2,(H,21,22). The Balaban J connectivity index is 1.48. The number of hydrogen-bond donors (Lipinski definition) is 1. The van der Waals surface area contributed by atoms with Crippen LogP contribution in [0.15, 0.2) is 42.5 Å². The maximum absolute atomic E-state index is 13.1. The minimum atomic E-state index is -1.09. The highest BCUT2D eigenvalue weighted by Crippen LogP contribution is 2.32. The number of hydrogen-bond acceptors (Lipinski definition) is 5. The zero-order chi connectivity index (χ0) is 18.5.